The first-order chi connectivity index (χ1) is 8.40. The van der Waals surface area contributed by atoms with E-state index in [1.807, 2.05) is 0 Å². The fourth-order valence-corrected chi connectivity index (χ4v) is 1.29. The van der Waals surface area contributed by atoms with Gasteiger partial charge in [-0.3, -0.25) is 14.4 Å². The minimum atomic E-state index is -1.17. The molecule has 96 valence electrons. The summed E-state index contributed by atoms with van der Waals surface area (Å²) in [5.41, 5.74) is -0.113. The molecule has 1 N–H and O–H groups in total. The second-order valence-electron chi connectivity index (χ2n) is 3.66. The molecule has 0 atom stereocenters. The van der Waals surface area contributed by atoms with E-state index in [4.69, 9.17) is 5.11 Å². The molecule has 0 saturated heterocycles. The van der Waals surface area contributed by atoms with Crippen molar-refractivity contribution in [1.82, 2.24) is 0 Å². The summed E-state index contributed by atoms with van der Waals surface area (Å²) in [6.07, 6.45) is -1.13. The number of halogens is 2. The molecule has 0 spiro atoms. The van der Waals surface area contributed by atoms with Crippen LogP contribution in [-0.4, -0.2) is 22.6 Å². The number of hydrogen-bond donors (Lipinski definition) is 1. The van der Waals surface area contributed by atoms with Gasteiger partial charge in [-0.15, -0.1) is 0 Å². The van der Waals surface area contributed by atoms with Crippen LogP contribution in [0.25, 0.3) is 0 Å². The van der Waals surface area contributed by atoms with Gasteiger partial charge in [0.25, 0.3) is 0 Å². The number of carboxylic acids is 1. The van der Waals surface area contributed by atoms with Crippen LogP contribution in [0.2, 0.25) is 0 Å². The fourth-order valence-electron chi connectivity index (χ4n) is 1.29. The van der Waals surface area contributed by atoms with Crippen molar-refractivity contribution in [2.45, 2.75) is 19.3 Å². The number of rotatable bonds is 6. The summed E-state index contributed by atoms with van der Waals surface area (Å²) in [5.74, 6) is -4.59. The molecular weight excluding hydrogens is 246 g/mol. The summed E-state index contributed by atoms with van der Waals surface area (Å²) in [6, 6.07) is 2.58. The largest absolute Gasteiger partial charge is 0.481 e. The first kappa shape index (κ1) is 14.0. The van der Waals surface area contributed by atoms with E-state index in [0.717, 1.165) is 12.1 Å². The molecular formula is C12H10F2O4. The molecule has 1 aromatic carbocycles. The molecule has 0 aromatic heterocycles. The molecule has 0 saturated carbocycles. The van der Waals surface area contributed by atoms with Crippen molar-refractivity contribution in [3.05, 3.63) is 35.4 Å². The number of hydrogen-bond acceptors (Lipinski definition) is 3. The topological polar surface area (TPSA) is 71.4 Å². The third kappa shape index (κ3) is 4.04. The summed E-state index contributed by atoms with van der Waals surface area (Å²) in [4.78, 5) is 33.0. The Morgan fingerprint density at radius 2 is 1.72 bits per heavy atom. The van der Waals surface area contributed by atoms with Crippen molar-refractivity contribution >= 4 is 17.5 Å². The highest BCUT2D eigenvalue weighted by atomic mass is 19.2. The number of carbonyl (C=O) groups excluding carboxylic acids is 2. The molecule has 0 aliphatic carbocycles. The van der Waals surface area contributed by atoms with E-state index in [2.05, 4.69) is 0 Å². The molecule has 0 aliphatic rings. The van der Waals surface area contributed by atoms with Crippen molar-refractivity contribution in [1.29, 1.82) is 0 Å². The number of aliphatic carboxylic acids is 1. The quantitative estimate of drug-likeness (QED) is 0.624. The van der Waals surface area contributed by atoms with Gasteiger partial charge in [0.05, 0.1) is 12.8 Å². The number of ketones is 2. The van der Waals surface area contributed by atoms with Gasteiger partial charge in [-0.05, 0) is 18.2 Å². The zero-order chi connectivity index (χ0) is 13.7. The Morgan fingerprint density at radius 1 is 1.06 bits per heavy atom. The van der Waals surface area contributed by atoms with Crippen LogP contribution in [0, 0.1) is 11.6 Å². The number of carboxylic acid groups (broad SMARTS) is 1. The second kappa shape index (κ2) is 6.00. The van der Waals surface area contributed by atoms with Crippen molar-refractivity contribution in [2.75, 3.05) is 0 Å². The first-order valence-electron chi connectivity index (χ1n) is 5.12. The van der Waals surface area contributed by atoms with Crippen molar-refractivity contribution in [3.63, 3.8) is 0 Å². The molecule has 1 aromatic rings. The Balaban J connectivity index is 2.62. The maximum atomic E-state index is 12.8. The highest BCUT2D eigenvalue weighted by Crippen LogP contribution is 2.11. The van der Waals surface area contributed by atoms with E-state index >= 15 is 0 Å². The van der Waals surface area contributed by atoms with E-state index in [1.165, 1.54) is 0 Å². The second-order valence-corrected chi connectivity index (χ2v) is 3.66. The van der Waals surface area contributed by atoms with E-state index in [1.54, 1.807) is 0 Å². The standard InChI is InChI=1S/C12H10F2O4/c13-9-3-1-7(5-10(9)14)11(16)6-8(15)2-4-12(17)18/h1,3,5H,2,4,6H2,(H,17,18). The van der Waals surface area contributed by atoms with Gasteiger partial charge in [0.2, 0.25) is 0 Å². The van der Waals surface area contributed by atoms with Crippen LogP contribution in [-0.2, 0) is 9.59 Å². The molecule has 0 unspecified atom stereocenters. The molecule has 4 nitrogen and oxygen atoms in total. The lowest BCUT2D eigenvalue weighted by Crippen LogP contribution is -2.10. The van der Waals surface area contributed by atoms with E-state index in [9.17, 15) is 23.2 Å². The molecule has 0 amide bonds. The van der Waals surface area contributed by atoms with Gasteiger partial charge >= 0.3 is 5.97 Å². The lowest BCUT2D eigenvalue weighted by Gasteiger charge is -2.01. The molecule has 18 heavy (non-hydrogen) atoms. The van der Waals surface area contributed by atoms with Crippen LogP contribution in [0.1, 0.15) is 29.6 Å². The van der Waals surface area contributed by atoms with Crippen LogP contribution in [0.4, 0.5) is 8.78 Å². The van der Waals surface area contributed by atoms with Gasteiger partial charge in [0.15, 0.2) is 17.4 Å². The Kier molecular flexibility index (Phi) is 4.65. The fraction of sp³-hybridized carbons (Fsp3) is 0.250. The Labute approximate surface area is 101 Å². The maximum Gasteiger partial charge on any atom is 0.303 e. The maximum absolute atomic E-state index is 12.8. The summed E-state index contributed by atoms with van der Waals surface area (Å²) in [7, 11) is 0. The molecule has 0 radical (unpaired) electrons. The monoisotopic (exact) mass is 256 g/mol. The average Bonchev–Trinajstić information content (AvgIpc) is 2.30. The van der Waals surface area contributed by atoms with Crippen molar-refractivity contribution in [2.24, 2.45) is 0 Å². The van der Waals surface area contributed by atoms with Gasteiger partial charge < -0.3 is 5.11 Å². The van der Waals surface area contributed by atoms with Crippen LogP contribution in [0.15, 0.2) is 18.2 Å². The zero-order valence-corrected chi connectivity index (χ0v) is 9.28. The minimum absolute atomic E-state index is 0.113. The van der Waals surface area contributed by atoms with E-state index in [-0.39, 0.29) is 18.4 Å². The summed E-state index contributed by atoms with van der Waals surface area (Å²) in [6.45, 7) is 0. The van der Waals surface area contributed by atoms with Crippen molar-refractivity contribution < 1.29 is 28.3 Å². The van der Waals surface area contributed by atoms with Gasteiger partial charge in [0, 0.05) is 12.0 Å². The third-order valence-electron chi connectivity index (χ3n) is 2.22. The number of benzene rings is 1. The zero-order valence-electron chi connectivity index (χ0n) is 9.28. The molecule has 0 aliphatic heterocycles. The SMILES string of the molecule is O=C(O)CCC(=O)CC(=O)c1ccc(F)c(F)c1. The Morgan fingerprint density at radius 3 is 2.28 bits per heavy atom. The van der Waals surface area contributed by atoms with E-state index < -0.39 is 35.6 Å². The molecule has 0 fully saturated rings. The number of Topliss-reactive ketones (excluding diaryl/α,β-unsaturated/α-hetero) is 2. The van der Waals surface area contributed by atoms with Crippen LogP contribution >= 0.6 is 0 Å². The number of carbonyl (C=O) groups is 3. The van der Waals surface area contributed by atoms with Crippen molar-refractivity contribution in [3.8, 4) is 0 Å². The lowest BCUT2D eigenvalue weighted by atomic mass is 10.0. The predicted octanol–water partition coefficient (Wildman–Crippen LogP) is 1.97. The van der Waals surface area contributed by atoms with Crippen LogP contribution in [0.5, 0.6) is 0 Å². The first-order valence-corrected chi connectivity index (χ1v) is 5.12. The summed E-state index contributed by atoms with van der Waals surface area (Å²) >= 11 is 0. The third-order valence-corrected chi connectivity index (χ3v) is 2.22. The normalized spacial score (nSPS) is 10.1. The molecule has 0 bridgehead atoms. The average molecular weight is 256 g/mol. The molecule has 6 heteroatoms. The molecule has 1 rings (SSSR count). The van der Waals surface area contributed by atoms with Gasteiger partial charge in [0.1, 0.15) is 5.78 Å². The van der Waals surface area contributed by atoms with Gasteiger partial charge in [-0.25, -0.2) is 8.78 Å². The Bertz CT molecular complexity index is 497. The van der Waals surface area contributed by atoms with Gasteiger partial charge in [-0.2, -0.15) is 0 Å². The van der Waals surface area contributed by atoms with Gasteiger partial charge in [-0.1, -0.05) is 0 Å². The Hall–Kier alpha value is -2.11. The summed E-state index contributed by atoms with van der Waals surface area (Å²) in [5, 5.41) is 8.35. The molecule has 0 heterocycles. The van der Waals surface area contributed by atoms with Crippen LogP contribution < -0.4 is 0 Å². The lowest BCUT2D eigenvalue weighted by molar-refractivity contribution is -0.138. The summed E-state index contributed by atoms with van der Waals surface area (Å²) < 4.78 is 25.5. The highest BCUT2D eigenvalue weighted by Gasteiger charge is 2.14. The smallest absolute Gasteiger partial charge is 0.303 e. The minimum Gasteiger partial charge on any atom is -0.481 e. The predicted molar refractivity (Wildman–Crippen MR) is 57.2 cm³/mol. The van der Waals surface area contributed by atoms with E-state index in [0.29, 0.717) is 6.07 Å². The van der Waals surface area contributed by atoms with Crippen LogP contribution in [0.3, 0.4) is 0 Å². The highest BCUT2D eigenvalue weighted by molar-refractivity contribution is 6.08.